The Hall–Kier alpha value is -3.45. The fourth-order valence-electron chi connectivity index (χ4n) is 3.34. The second-order valence-electron chi connectivity index (χ2n) is 7.08. The van der Waals surface area contributed by atoms with Gasteiger partial charge in [0, 0.05) is 35.5 Å². The zero-order chi connectivity index (χ0) is 21.3. The third-order valence-corrected chi connectivity index (χ3v) is 4.87. The molecule has 30 heavy (non-hydrogen) atoms. The summed E-state index contributed by atoms with van der Waals surface area (Å²) in [5, 5.41) is 0. The Kier molecular flexibility index (Phi) is 5.37. The van der Waals surface area contributed by atoms with E-state index in [-0.39, 0.29) is 24.7 Å². The molecule has 0 aliphatic carbocycles. The number of halogens is 1. The molecule has 0 saturated heterocycles. The third-order valence-electron chi connectivity index (χ3n) is 4.87. The number of hydrogen-bond donors (Lipinski definition) is 0. The number of aromatic nitrogens is 1. The normalized spacial score (nSPS) is 15.2. The quantitative estimate of drug-likeness (QED) is 0.464. The average Bonchev–Trinajstić information content (AvgIpc) is 3.14. The minimum Gasteiger partial charge on any atom is -0.460 e. The fourth-order valence-corrected chi connectivity index (χ4v) is 3.34. The van der Waals surface area contributed by atoms with E-state index >= 15 is 0 Å². The Morgan fingerprint density at radius 1 is 1.20 bits per heavy atom. The number of nitrogens with zero attached hydrogens (tertiary/aromatic N) is 1. The minimum atomic E-state index is -0.635. The molecule has 0 unspecified atom stereocenters. The van der Waals surface area contributed by atoms with Gasteiger partial charge in [-0.25, -0.2) is 9.18 Å². The molecule has 0 spiro atoms. The number of carbonyl (C=O) groups is 2. The van der Waals surface area contributed by atoms with Gasteiger partial charge in [0.15, 0.2) is 5.78 Å². The number of ether oxygens (including phenoxy) is 3. The Bertz CT molecular complexity index is 1110. The topological polar surface area (TPSA) is 66.8 Å². The summed E-state index contributed by atoms with van der Waals surface area (Å²) in [6.07, 6.45) is 0.929. The maximum absolute atomic E-state index is 14.1. The van der Waals surface area contributed by atoms with Crippen molar-refractivity contribution in [2.24, 2.45) is 7.05 Å². The first-order valence-electron chi connectivity index (χ1n) is 9.41. The van der Waals surface area contributed by atoms with Crippen molar-refractivity contribution in [3.05, 3.63) is 88.5 Å². The summed E-state index contributed by atoms with van der Waals surface area (Å²) in [4.78, 5) is 24.0. The molecule has 0 N–H and O–H groups in total. The van der Waals surface area contributed by atoms with E-state index in [4.69, 9.17) is 14.2 Å². The standard InChI is InChI=1S/C23H20FNO5/c1-14(26)16-10-20(25(2)11-16)22(27)28-12-17-8-19(24)9-18-13-29-23(30-21(17)18)15-6-4-3-5-7-15/h3-11,23H,12-13H2,1-2H3/t23-/m1/s1. The van der Waals surface area contributed by atoms with Gasteiger partial charge in [0.2, 0.25) is 6.29 Å². The van der Waals surface area contributed by atoms with Gasteiger partial charge >= 0.3 is 5.97 Å². The molecule has 4 rings (SSSR count). The van der Waals surface area contributed by atoms with Crippen molar-refractivity contribution in [1.82, 2.24) is 4.57 Å². The molecule has 154 valence electrons. The highest BCUT2D eigenvalue weighted by Crippen LogP contribution is 2.36. The molecule has 1 atom stereocenters. The van der Waals surface area contributed by atoms with Gasteiger partial charge in [-0.3, -0.25) is 4.79 Å². The highest BCUT2D eigenvalue weighted by atomic mass is 19.1. The van der Waals surface area contributed by atoms with E-state index in [0.29, 0.717) is 22.4 Å². The minimum absolute atomic E-state index is 0.149. The van der Waals surface area contributed by atoms with E-state index in [2.05, 4.69) is 0 Å². The highest BCUT2D eigenvalue weighted by molar-refractivity contribution is 5.97. The number of Topliss-reactive ketones (excluding diaryl/α,β-unsaturated/α-hetero) is 1. The number of aryl methyl sites for hydroxylation is 1. The molecule has 0 radical (unpaired) electrons. The van der Waals surface area contributed by atoms with Crippen LogP contribution < -0.4 is 4.74 Å². The molecule has 6 nitrogen and oxygen atoms in total. The molecule has 1 aliphatic heterocycles. The molecule has 1 aliphatic rings. The van der Waals surface area contributed by atoms with Crippen LogP contribution in [0.2, 0.25) is 0 Å². The molecule has 2 heterocycles. The van der Waals surface area contributed by atoms with Crippen LogP contribution in [-0.4, -0.2) is 16.3 Å². The number of esters is 1. The van der Waals surface area contributed by atoms with Crippen LogP contribution in [0.1, 0.15) is 50.8 Å². The summed E-state index contributed by atoms with van der Waals surface area (Å²) in [6, 6.07) is 13.5. The van der Waals surface area contributed by atoms with Crippen molar-refractivity contribution in [3.63, 3.8) is 0 Å². The van der Waals surface area contributed by atoms with Gasteiger partial charge in [-0.1, -0.05) is 30.3 Å². The number of hydrogen-bond acceptors (Lipinski definition) is 5. The summed E-state index contributed by atoms with van der Waals surface area (Å²) in [5.74, 6) is -0.789. The summed E-state index contributed by atoms with van der Waals surface area (Å²) in [5.41, 5.74) is 2.43. The number of benzene rings is 2. The molecule has 0 bridgehead atoms. The number of fused-ring (bicyclic) bond motifs is 1. The predicted molar refractivity (Wildman–Crippen MR) is 106 cm³/mol. The number of rotatable bonds is 5. The molecule has 2 aromatic carbocycles. The van der Waals surface area contributed by atoms with Crippen molar-refractivity contribution >= 4 is 11.8 Å². The Morgan fingerprint density at radius 3 is 2.67 bits per heavy atom. The van der Waals surface area contributed by atoms with Crippen LogP contribution in [0.25, 0.3) is 0 Å². The first-order valence-corrected chi connectivity index (χ1v) is 9.41. The van der Waals surface area contributed by atoms with Crippen molar-refractivity contribution in [2.75, 3.05) is 0 Å². The van der Waals surface area contributed by atoms with Gasteiger partial charge in [0.1, 0.15) is 23.9 Å². The first kappa shape index (κ1) is 19.8. The second-order valence-corrected chi connectivity index (χ2v) is 7.08. The van der Waals surface area contributed by atoms with E-state index in [9.17, 15) is 14.0 Å². The van der Waals surface area contributed by atoms with Crippen molar-refractivity contribution in [3.8, 4) is 5.75 Å². The van der Waals surface area contributed by atoms with Crippen LogP contribution in [0.3, 0.4) is 0 Å². The zero-order valence-electron chi connectivity index (χ0n) is 16.6. The lowest BCUT2D eigenvalue weighted by atomic mass is 10.1. The van der Waals surface area contributed by atoms with Crippen LogP contribution in [0.15, 0.2) is 54.7 Å². The highest BCUT2D eigenvalue weighted by Gasteiger charge is 2.26. The molecular formula is C23H20FNO5. The van der Waals surface area contributed by atoms with Crippen molar-refractivity contribution in [2.45, 2.75) is 26.4 Å². The van der Waals surface area contributed by atoms with Gasteiger partial charge < -0.3 is 18.8 Å². The SMILES string of the molecule is CC(=O)c1cc(C(=O)OCc2cc(F)cc3c2O[C@H](c2ccccc2)OC3)n(C)c1. The zero-order valence-corrected chi connectivity index (χ0v) is 16.6. The van der Waals surface area contributed by atoms with E-state index < -0.39 is 18.1 Å². The Balaban J connectivity index is 1.55. The van der Waals surface area contributed by atoms with Gasteiger partial charge in [-0.2, -0.15) is 0 Å². The van der Waals surface area contributed by atoms with Crippen LogP contribution in [0.5, 0.6) is 5.75 Å². The third kappa shape index (κ3) is 3.97. The van der Waals surface area contributed by atoms with E-state index in [1.54, 1.807) is 13.2 Å². The number of carbonyl (C=O) groups excluding carboxylic acids is 2. The lowest BCUT2D eigenvalue weighted by molar-refractivity contribution is -0.112. The van der Waals surface area contributed by atoms with E-state index in [1.165, 1.54) is 29.7 Å². The Morgan fingerprint density at radius 2 is 1.97 bits per heavy atom. The first-order chi connectivity index (χ1) is 14.4. The van der Waals surface area contributed by atoms with Crippen LogP contribution in [0.4, 0.5) is 4.39 Å². The lowest BCUT2D eigenvalue weighted by Gasteiger charge is -2.28. The predicted octanol–water partition coefficient (Wildman–Crippen LogP) is 4.33. The maximum Gasteiger partial charge on any atom is 0.355 e. The maximum atomic E-state index is 14.1. The lowest BCUT2D eigenvalue weighted by Crippen LogP contribution is -2.20. The molecule has 0 fully saturated rings. The summed E-state index contributed by atoms with van der Waals surface area (Å²) < 4.78 is 32.7. The second kappa shape index (κ2) is 8.12. The van der Waals surface area contributed by atoms with Crippen LogP contribution in [-0.2, 0) is 29.7 Å². The summed E-state index contributed by atoms with van der Waals surface area (Å²) in [6.45, 7) is 1.42. The molecule has 3 aromatic rings. The van der Waals surface area contributed by atoms with Gasteiger partial charge in [0.25, 0.3) is 0 Å². The van der Waals surface area contributed by atoms with Crippen LogP contribution in [0, 0.1) is 5.82 Å². The van der Waals surface area contributed by atoms with E-state index in [1.807, 2.05) is 30.3 Å². The largest absolute Gasteiger partial charge is 0.460 e. The van der Waals surface area contributed by atoms with E-state index in [0.717, 1.165) is 5.56 Å². The molecule has 7 heteroatoms. The fraction of sp³-hybridized carbons (Fsp3) is 0.217. The monoisotopic (exact) mass is 409 g/mol. The molecule has 1 aromatic heterocycles. The summed E-state index contributed by atoms with van der Waals surface area (Å²) >= 11 is 0. The average molecular weight is 409 g/mol. The van der Waals surface area contributed by atoms with Gasteiger partial charge in [-0.15, -0.1) is 0 Å². The van der Waals surface area contributed by atoms with Crippen molar-refractivity contribution < 1.29 is 28.2 Å². The number of ketones is 1. The smallest absolute Gasteiger partial charge is 0.355 e. The molecular weight excluding hydrogens is 389 g/mol. The van der Waals surface area contributed by atoms with Gasteiger partial charge in [0.05, 0.1) is 6.61 Å². The summed E-state index contributed by atoms with van der Waals surface area (Å²) in [7, 11) is 1.65. The van der Waals surface area contributed by atoms with Crippen molar-refractivity contribution in [1.29, 1.82) is 0 Å². The Labute approximate surface area is 172 Å². The molecule has 0 amide bonds. The molecule has 0 saturated carbocycles. The van der Waals surface area contributed by atoms with Gasteiger partial charge in [-0.05, 0) is 25.1 Å². The van der Waals surface area contributed by atoms with Crippen LogP contribution >= 0.6 is 0 Å².